The van der Waals surface area contributed by atoms with E-state index in [0.29, 0.717) is 17.0 Å². The summed E-state index contributed by atoms with van der Waals surface area (Å²) in [6.07, 6.45) is 7.07. The number of nitrogens with zero attached hydrogens (tertiary/aromatic N) is 2. The van der Waals surface area contributed by atoms with Crippen LogP contribution in [-0.4, -0.2) is 42.1 Å². The fourth-order valence-electron chi connectivity index (χ4n) is 3.86. The summed E-state index contributed by atoms with van der Waals surface area (Å²) in [5.41, 5.74) is 0.838. The number of piperidine rings is 2. The van der Waals surface area contributed by atoms with Gasteiger partial charge in [0.25, 0.3) is 5.91 Å². The maximum absolute atomic E-state index is 12.7. The molecule has 114 valence electrons. The molecule has 1 spiro atoms. The Morgan fingerprint density at radius 3 is 2.90 bits per heavy atom. The number of amides is 1. The molecule has 0 atom stereocenters. The van der Waals surface area contributed by atoms with Crippen LogP contribution in [0.5, 0.6) is 0 Å². The molecule has 1 saturated carbocycles. The largest absolute Gasteiger partial charge is 0.360 e. The fourth-order valence-corrected chi connectivity index (χ4v) is 3.86. The number of nitrogens with one attached hydrogen (secondary N) is 1. The maximum atomic E-state index is 12.7. The first-order valence-corrected chi connectivity index (χ1v) is 8.22. The van der Waals surface area contributed by atoms with Crippen LogP contribution in [0.1, 0.15) is 60.7 Å². The molecule has 0 bridgehead atoms. The minimum Gasteiger partial charge on any atom is -0.360 e. The molecule has 1 aromatic rings. The molecular weight excluding hydrogens is 266 g/mol. The van der Waals surface area contributed by atoms with Crippen molar-refractivity contribution in [2.75, 3.05) is 26.2 Å². The van der Waals surface area contributed by atoms with Crippen LogP contribution in [0.3, 0.4) is 0 Å². The summed E-state index contributed by atoms with van der Waals surface area (Å²) in [6.45, 7) is 3.91. The van der Waals surface area contributed by atoms with Crippen molar-refractivity contribution >= 4 is 5.91 Å². The van der Waals surface area contributed by atoms with Crippen molar-refractivity contribution in [3.63, 3.8) is 0 Å². The summed E-state index contributed by atoms with van der Waals surface area (Å²) in [4.78, 5) is 14.7. The third-order valence-electron chi connectivity index (χ3n) is 5.34. The number of hydrogen-bond donors (Lipinski definition) is 1. The van der Waals surface area contributed by atoms with Crippen molar-refractivity contribution in [1.29, 1.82) is 0 Å². The zero-order valence-electron chi connectivity index (χ0n) is 12.4. The van der Waals surface area contributed by atoms with Gasteiger partial charge in [0, 0.05) is 25.1 Å². The molecule has 1 aromatic heterocycles. The van der Waals surface area contributed by atoms with Crippen LogP contribution in [0.4, 0.5) is 0 Å². The van der Waals surface area contributed by atoms with E-state index in [1.807, 2.05) is 11.0 Å². The average molecular weight is 289 g/mol. The van der Waals surface area contributed by atoms with Crippen molar-refractivity contribution in [1.82, 2.24) is 15.4 Å². The number of rotatable bonds is 2. The Morgan fingerprint density at radius 2 is 2.14 bits per heavy atom. The second kappa shape index (κ2) is 5.13. The highest BCUT2D eigenvalue weighted by Gasteiger charge is 2.39. The van der Waals surface area contributed by atoms with Crippen molar-refractivity contribution in [2.24, 2.45) is 5.41 Å². The average Bonchev–Trinajstić information content (AvgIpc) is 3.25. The molecule has 4 rings (SSSR count). The van der Waals surface area contributed by atoms with Gasteiger partial charge >= 0.3 is 0 Å². The topological polar surface area (TPSA) is 58.4 Å². The van der Waals surface area contributed by atoms with Gasteiger partial charge in [0.15, 0.2) is 5.69 Å². The quantitative estimate of drug-likeness (QED) is 0.906. The summed E-state index contributed by atoms with van der Waals surface area (Å²) in [5.74, 6) is 1.46. The molecule has 0 aromatic carbocycles. The first kappa shape index (κ1) is 13.3. The minimum atomic E-state index is 0.0586. The van der Waals surface area contributed by atoms with Gasteiger partial charge in [0.1, 0.15) is 5.76 Å². The van der Waals surface area contributed by atoms with E-state index in [-0.39, 0.29) is 5.91 Å². The molecule has 1 N–H and O–H groups in total. The Hall–Kier alpha value is -1.36. The Labute approximate surface area is 125 Å². The van der Waals surface area contributed by atoms with Gasteiger partial charge < -0.3 is 14.7 Å². The smallest absolute Gasteiger partial charge is 0.276 e. The van der Waals surface area contributed by atoms with Gasteiger partial charge in [-0.1, -0.05) is 5.16 Å². The minimum absolute atomic E-state index is 0.0586. The second-order valence-electron chi connectivity index (χ2n) is 6.97. The lowest BCUT2D eigenvalue weighted by molar-refractivity contribution is 0.0403. The fraction of sp³-hybridized carbons (Fsp3) is 0.750. The number of hydrogen-bond acceptors (Lipinski definition) is 4. The molecule has 5 heteroatoms. The Kier molecular flexibility index (Phi) is 3.25. The first-order valence-electron chi connectivity index (χ1n) is 8.22. The van der Waals surface area contributed by atoms with E-state index in [0.717, 1.165) is 38.4 Å². The van der Waals surface area contributed by atoms with Crippen LogP contribution in [0.2, 0.25) is 0 Å². The van der Waals surface area contributed by atoms with Crippen LogP contribution in [0.15, 0.2) is 10.6 Å². The van der Waals surface area contributed by atoms with Crippen LogP contribution in [0.25, 0.3) is 0 Å². The van der Waals surface area contributed by atoms with E-state index >= 15 is 0 Å². The normalized spacial score (nSPS) is 25.2. The van der Waals surface area contributed by atoms with E-state index in [4.69, 9.17) is 4.52 Å². The van der Waals surface area contributed by atoms with Gasteiger partial charge in [-0.25, -0.2) is 0 Å². The summed E-state index contributed by atoms with van der Waals surface area (Å²) >= 11 is 0. The molecule has 21 heavy (non-hydrogen) atoms. The molecule has 1 aliphatic carbocycles. The lowest BCUT2D eigenvalue weighted by Gasteiger charge is -2.45. The molecule has 0 unspecified atom stereocenters. The van der Waals surface area contributed by atoms with Crippen molar-refractivity contribution in [3.05, 3.63) is 17.5 Å². The highest BCUT2D eigenvalue weighted by atomic mass is 16.5. The molecule has 3 heterocycles. The molecule has 2 aliphatic heterocycles. The second-order valence-corrected chi connectivity index (χ2v) is 6.97. The van der Waals surface area contributed by atoms with E-state index < -0.39 is 0 Å². The predicted octanol–water partition coefficient (Wildman–Crippen LogP) is 2.16. The number of carbonyl (C=O) groups is 1. The van der Waals surface area contributed by atoms with Crippen LogP contribution in [0, 0.1) is 5.41 Å². The van der Waals surface area contributed by atoms with Crippen LogP contribution in [-0.2, 0) is 0 Å². The molecule has 5 nitrogen and oxygen atoms in total. The zero-order valence-corrected chi connectivity index (χ0v) is 12.4. The molecular formula is C16H23N3O2. The van der Waals surface area contributed by atoms with Gasteiger partial charge in [0.2, 0.25) is 0 Å². The van der Waals surface area contributed by atoms with Crippen LogP contribution < -0.4 is 5.32 Å². The van der Waals surface area contributed by atoms with Gasteiger partial charge in [-0.15, -0.1) is 0 Å². The van der Waals surface area contributed by atoms with E-state index in [2.05, 4.69) is 10.5 Å². The van der Waals surface area contributed by atoms with E-state index in [9.17, 15) is 4.79 Å². The Balaban J connectivity index is 1.47. The van der Waals surface area contributed by atoms with Gasteiger partial charge in [-0.05, 0) is 57.0 Å². The zero-order chi connectivity index (χ0) is 14.3. The summed E-state index contributed by atoms with van der Waals surface area (Å²) in [5, 5.41) is 7.43. The standard InChI is InChI=1S/C16H23N3O2/c20-15(13-10-14(21-18-13)12-2-3-12)19-9-1-4-16(11-19)5-7-17-8-6-16/h10,12,17H,1-9,11H2. The Morgan fingerprint density at radius 1 is 1.33 bits per heavy atom. The van der Waals surface area contributed by atoms with Gasteiger partial charge in [-0.2, -0.15) is 0 Å². The van der Waals surface area contributed by atoms with Crippen molar-refractivity contribution in [2.45, 2.75) is 44.4 Å². The Bertz CT molecular complexity index is 524. The molecule has 2 saturated heterocycles. The SMILES string of the molecule is O=C(c1cc(C2CC2)on1)N1CCCC2(CCNCC2)C1. The number of carbonyl (C=O) groups excluding carboxylic acids is 1. The molecule has 1 amide bonds. The van der Waals surface area contributed by atoms with Crippen LogP contribution >= 0.6 is 0 Å². The lowest BCUT2D eigenvalue weighted by Crippen LogP contribution is -2.50. The highest BCUT2D eigenvalue weighted by Crippen LogP contribution is 2.41. The highest BCUT2D eigenvalue weighted by molar-refractivity contribution is 5.92. The molecule has 3 fully saturated rings. The molecule has 3 aliphatic rings. The lowest BCUT2D eigenvalue weighted by atomic mass is 9.73. The number of likely N-dealkylation sites (tertiary alicyclic amines) is 1. The van der Waals surface area contributed by atoms with Gasteiger partial charge in [0.05, 0.1) is 0 Å². The number of aromatic nitrogens is 1. The van der Waals surface area contributed by atoms with E-state index in [1.54, 1.807) is 0 Å². The first-order chi connectivity index (χ1) is 10.3. The summed E-state index contributed by atoms with van der Waals surface area (Å²) < 4.78 is 5.33. The summed E-state index contributed by atoms with van der Waals surface area (Å²) in [7, 11) is 0. The van der Waals surface area contributed by atoms with Crippen molar-refractivity contribution < 1.29 is 9.32 Å². The third kappa shape index (κ3) is 2.59. The molecule has 0 radical (unpaired) electrons. The monoisotopic (exact) mass is 289 g/mol. The predicted molar refractivity (Wildman–Crippen MR) is 78.2 cm³/mol. The van der Waals surface area contributed by atoms with Gasteiger partial charge in [-0.3, -0.25) is 4.79 Å². The third-order valence-corrected chi connectivity index (χ3v) is 5.34. The maximum Gasteiger partial charge on any atom is 0.276 e. The van der Waals surface area contributed by atoms with E-state index in [1.165, 1.54) is 32.1 Å². The van der Waals surface area contributed by atoms with Crippen molar-refractivity contribution in [3.8, 4) is 0 Å². The summed E-state index contributed by atoms with van der Waals surface area (Å²) in [6, 6.07) is 1.86.